The number of nitrogen functional groups attached to an aromatic ring is 1. The Balaban J connectivity index is 0.000000145. The molecule has 0 bridgehead atoms. The summed E-state index contributed by atoms with van der Waals surface area (Å²) in [5.41, 5.74) is 7.51. The van der Waals surface area contributed by atoms with Gasteiger partial charge in [0.15, 0.2) is 0 Å². The van der Waals surface area contributed by atoms with Crippen LogP contribution in [0.15, 0.2) is 47.2 Å². The molecule has 0 radical (unpaired) electrons. The molecule has 0 unspecified atom stereocenters. The van der Waals surface area contributed by atoms with Crippen LogP contribution >= 0.6 is 11.3 Å². The van der Waals surface area contributed by atoms with E-state index in [1.165, 1.54) is 5.56 Å². The van der Waals surface area contributed by atoms with Crippen molar-refractivity contribution in [2.45, 2.75) is 6.92 Å². The first kappa shape index (κ1) is 9.81. The van der Waals surface area contributed by atoms with E-state index < -0.39 is 0 Å². The van der Waals surface area contributed by atoms with Crippen molar-refractivity contribution in [1.29, 1.82) is 0 Å². The van der Waals surface area contributed by atoms with Gasteiger partial charge in [-0.05, 0) is 29.8 Å². The highest BCUT2D eigenvalue weighted by Gasteiger charge is 1.80. The molecule has 13 heavy (non-hydrogen) atoms. The van der Waals surface area contributed by atoms with Crippen LogP contribution in [0.4, 0.5) is 5.69 Å². The van der Waals surface area contributed by atoms with Gasteiger partial charge in [0, 0.05) is 5.69 Å². The van der Waals surface area contributed by atoms with Crippen LogP contribution in [-0.2, 0) is 0 Å². The van der Waals surface area contributed by atoms with Gasteiger partial charge in [0.1, 0.15) is 0 Å². The SMILES string of the molecule is Cc1ccc(N)cc1.c1ccsc1. The largest absolute Gasteiger partial charge is 0.399 e. The lowest BCUT2D eigenvalue weighted by Gasteiger charge is -1.90. The summed E-state index contributed by atoms with van der Waals surface area (Å²) in [5, 5.41) is 4.08. The molecular formula is C11H13NS. The number of thiophene rings is 1. The van der Waals surface area contributed by atoms with Crippen LogP contribution in [0, 0.1) is 6.92 Å². The average molecular weight is 191 g/mol. The topological polar surface area (TPSA) is 26.0 Å². The molecule has 0 atom stereocenters. The molecule has 2 rings (SSSR count). The molecular weight excluding hydrogens is 178 g/mol. The first-order valence-electron chi connectivity index (χ1n) is 4.08. The van der Waals surface area contributed by atoms with Gasteiger partial charge in [-0.2, -0.15) is 11.3 Å². The molecule has 1 aromatic carbocycles. The van der Waals surface area contributed by atoms with Crippen LogP contribution < -0.4 is 5.73 Å². The van der Waals surface area contributed by atoms with Crippen molar-refractivity contribution in [2.75, 3.05) is 5.73 Å². The van der Waals surface area contributed by atoms with Crippen molar-refractivity contribution < 1.29 is 0 Å². The number of aryl methyl sites for hydroxylation is 1. The van der Waals surface area contributed by atoms with E-state index >= 15 is 0 Å². The van der Waals surface area contributed by atoms with Crippen LogP contribution in [0.25, 0.3) is 0 Å². The highest BCUT2D eigenvalue weighted by Crippen LogP contribution is 2.02. The Morgan fingerprint density at radius 3 is 1.85 bits per heavy atom. The van der Waals surface area contributed by atoms with Crippen LogP contribution in [0.2, 0.25) is 0 Å². The maximum absolute atomic E-state index is 5.43. The first-order valence-corrected chi connectivity index (χ1v) is 5.02. The molecule has 0 amide bonds. The minimum absolute atomic E-state index is 0.829. The Hall–Kier alpha value is -1.28. The van der Waals surface area contributed by atoms with Crippen molar-refractivity contribution >= 4 is 17.0 Å². The number of anilines is 1. The highest BCUT2D eigenvalue weighted by molar-refractivity contribution is 7.07. The van der Waals surface area contributed by atoms with E-state index in [-0.39, 0.29) is 0 Å². The fourth-order valence-corrected chi connectivity index (χ4v) is 1.25. The molecule has 0 fully saturated rings. The maximum atomic E-state index is 5.43. The predicted octanol–water partition coefficient (Wildman–Crippen LogP) is 3.33. The van der Waals surface area contributed by atoms with E-state index in [0.717, 1.165) is 5.69 Å². The zero-order valence-electron chi connectivity index (χ0n) is 7.60. The molecule has 0 spiro atoms. The molecule has 68 valence electrons. The van der Waals surface area contributed by atoms with Crippen molar-refractivity contribution in [3.05, 3.63) is 52.7 Å². The Bertz CT molecular complexity index is 272. The van der Waals surface area contributed by atoms with E-state index in [9.17, 15) is 0 Å². The van der Waals surface area contributed by atoms with Gasteiger partial charge in [-0.25, -0.2) is 0 Å². The molecule has 0 aliphatic heterocycles. The second-order valence-electron chi connectivity index (χ2n) is 2.70. The van der Waals surface area contributed by atoms with Gasteiger partial charge in [0.2, 0.25) is 0 Å². The van der Waals surface area contributed by atoms with Crippen LogP contribution in [0.5, 0.6) is 0 Å². The van der Waals surface area contributed by atoms with Gasteiger partial charge in [-0.1, -0.05) is 29.8 Å². The number of hydrogen-bond donors (Lipinski definition) is 1. The second-order valence-corrected chi connectivity index (χ2v) is 3.52. The highest BCUT2D eigenvalue weighted by atomic mass is 32.1. The predicted molar refractivity (Wildman–Crippen MR) is 59.9 cm³/mol. The number of rotatable bonds is 0. The summed E-state index contributed by atoms with van der Waals surface area (Å²) in [6, 6.07) is 11.8. The van der Waals surface area contributed by atoms with Gasteiger partial charge in [-0.3, -0.25) is 0 Å². The summed E-state index contributed by atoms with van der Waals surface area (Å²) in [7, 11) is 0. The maximum Gasteiger partial charge on any atom is 0.0314 e. The number of benzene rings is 1. The van der Waals surface area contributed by atoms with Gasteiger partial charge >= 0.3 is 0 Å². The zero-order valence-corrected chi connectivity index (χ0v) is 8.42. The van der Waals surface area contributed by atoms with Crippen LogP contribution in [-0.4, -0.2) is 0 Å². The number of nitrogens with two attached hydrogens (primary N) is 1. The fourth-order valence-electron chi connectivity index (χ4n) is 0.793. The fraction of sp³-hybridized carbons (Fsp3) is 0.0909. The van der Waals surface area contributed by atoms with Gasteiger partial charge in [-0.15, -0.1) is 0 Å². The summed E-state index contributed by atoms with van der Waals surface area (Å²) in [4.78, 5) is 0. The minimum atomic E-state index is 0.829. The normalized spacial score (nSPS) is 8.69. The van der Waals surface area contributed by atoms with E-state index in [1.807, 2.05) is 54.1 Å². The summed E-state index contributed by atoms with van der Waals surface area (Å²) >= 11 is 1.71. The lowest BCUT2D eigenvalue weighted by atomic mass is 10.2. The summed E-state index contributed by atoms with van der Waals surface area (Å²) in [6.45, 7) is 2.04. The van der Waals surface area contributed by atoms with Crippen LogP contribution in [0.1, 0.15) is 5.56 Å². The molecule has 0 saturated heterocycles. The summed E-state index contributed by atoms with van der Waals surface area (Å²) < 4.78 is 0. The molecule has 1 heterocycles. The Kier molecular flexibility index (Phi) is 4.06. The third kappa shape index (κ3) is 4.33. The second kappa shape index (κ2) is 5.38. The third-order valence-electron chi connectivity index (χ3n) is 1.50. The standard InChI is InChI=1S/C7H9N.C4H4S/c1-6-2-4-7(8)5-3-6;1-2-4-5-3-1/h2-5H,8H2,1H3;1-4H. The van der Waals surface area contributed by atoms with Gasteiger partial charge in [0.05, 0.1) is 0 Å². The molecule has 0 saturated carbocycles. The van der Waals surface area contributed by atoms with Crippen molar-refractivity contribution in [1.82, 2.24) is 0 Å². The summed E-state index contributed by atoms with van der Waals surface area (Å²) in [5.74, 6) is 0. The molecule has 1 nitrogen and oxygen atoms in total. The van der Waals surface area contributed by atoms with E-state index in [4.69, 9.17) is 5.73 Å². The smallest absolute Gasteiger partial charge is 0.0314 e. The van der Waals surface area contributed by atoms with E-state index in [0.29, 0.717) is 0 Å². The van der Waals surface area contributed by atoms with E-state index in [2.05, 4.69) is 0 Å². The first-order chi connectivity index (χ1) is 6.29. The van der Waals surface area contributed by atoms with Crippen molar-refractivity contribution in [3.63, 3.8) is 0 Å². The van der Waals surface area contributed by atoms with Crippen molar-refractivity contribution in [3.8, 4) is 0 Å². The molecule has 2 heteroatoms. The molecule has 1 aromatic heterocycles. The van der Waals surface area contributed by atoms with Crippen molar-refractivity contribution in [2.24, 2.45) is 0 Å². The lowest BCUT2D eigenvalue weighted by molar-refractivity contribution is 1.47. The van der Waals surface area contributed by atoms with E-state index in [1.54, 1.807) is 11.3 Å². The monoisotopic (exact) mass is 191 g/mol. The van der Waals surface area contributed by atoms with Gasteiger partial charge < -0.3 is 5.73 Å². The van der Waals surface area contributed by atoms with Gasteiger partial charge in [0.25, 0.3) is 0 Å². The Labute approximate surface area is 82.8 Å². The third-order valence-corrected chi connectivity index (χ3v) is 2.13. The quantitative estimate of drug-likeness (QED) is 0.635. The molecule has 2 aromatic rings. The number of hydrogen-bond acceptors (Lipinski definition) is 2. The molecule has 0 aliphatic carbocycles. The summed E-state index contributed by atoms with van der Waals surface area (Å²) in [6.07, 6.45) is 0. The molecule has 0 aliphatic rings. The lowest BCUT2D eigenvalue weighted by Crippen LogP contribution is -1.81. The Morgan fingerprint density at radius 2 is 1.54 bits per heavy atom. The van der Waals surface area contributed by atoms with Crippen LogP contribution in [0.3, 0.4) is 0 Å². The Morgan fingerprint density at radius 1 is 1.00 bits per heavy atom. The minimum Gasteiger partial charge on any atom is -0.399 e. The molecule has 2 N–H and O–H groups in total. The zero-order chi connectivity index (χ0) is 9.52. The average Bonchev–Trinajstić information content (AvgIpc) is 2.68.